The van der Waals surface area contributed by atoms with Crippen LogP contribution in [0.5, 0.6) is 11.5 Å². The van der Waals surface area contributed by atoms with Crippen LogP contribution in [0.25, 0.3) is 0 Å². The van der Waals surface area contributed by atoms with Crippen LogP contribution in [0, 0.1) is 0 Å². The van der Waals surface area contributed by atoms with Crippen molar-refractivity contribution >= 4 is 28.8 Å². The number of thioether (sulfide) groups is 1. The van der Waals surface area contributed by atoms with Gasteiger partial charge in [0.25, 0.3) is 0 Å². The van der Waals surface area contributed by atoms with Gasteiger partial charge in [-0.05, 0) is 38.5 Å². The van der Waals surface area contributed by atoms with Crippen LogP contribution in [0.3, 0.4) is 0 Å². The first-order valence-electron chi connectivity index (χ1n) is 9.23. The van der Waals surface area contributed by atoms with E-state index >= 15 is 0 Å². The Bertz CT molecular complexity index is 849. The van der Waals surface area contributed by atoms with Gasteiger partial charge in [0.2, 0.25) is 5.91 Å². The lowest BCUT2D eigenvalue weighted by atomic mass is 9.94. The molecule has 7 nitrogen and oxygen atoms in total. The number of esters is 1. The van der Waals surface area contributed by atoms with Crippen LogP contribution in [-0.2, 0) is 14.3 Å². The minimum absolute atomic E-state index is 0.0651. The molecule has 0 unspecified atom stereocenters. The number of benzene rings is 1. The molecule has 0 aliphatic carbocycles. The number of rotatable bonds is 6. The van der Waals surface area contributed by atoms with E-state index in [0.717, 1.165) is 5.56 Å². The zero-order valence-electron chi connectivity index (χ0n) is 16.5. The molecule has 1 atom stereocenters. The second-order valence-electron chi connectivity index (χ2n) is 6.22. The van der Waals surface area contributed by atoms with E-state index in [1.165, 1.54) is 11.8 Å². The number of amides is 1. The first-order chi connectivity index (χ1) is 13.5. The van der Waals surface area contributed by atoms with Crippen LogP contribution >= 0.6 is 11.8 Å². The molecular weight excluding hydrogens is 380 g/mol. The maximum atomic E-state index is 12.8. The molecule has 28 heavy (non-hydrogen) atoms. The summed E-state index contributed by atoms with van der Waals surface area (Å²) in [6.45, 7) is 6.17. The quantitative estimate of drug-likeness (QED) is 0.677. The molecule has 2 heterocycles. The minimum Gasteiger partial charge on any atom is -0.493 e. The number of carbonyl (C=O) groups excluding carboxylic acids is 2. The molecule has 0 saturated carbocycles. The molecule has 150 valence electrons. The van der Waals surface area contributed by atoms with E-state index in [9.17, 15) is 9.59 Å². The molecule has 2 aliphatic heterocycles. The third kappa shape index (κ3) is 3.73. The highest BCUT2D eigenvalue weighted by Crippen LogP contribution is 2.42. The number of ether oxygens (including phenoxy) is 3. The highest BCUT2D eigenvalue weighted by atomic mass is 32.2. The Hall–Kier alpha value is -2.48. The molecule has 3 rings (SSSR count). The highest BCUT2D eigenvalue weighted by Gasteiger charge is 2.41. The summed E-state index contributed by atoms with van der Waals surface area (Å²) in [5, 5.41) is 0.611. The minimum atomic E-state index is -0.614. The third-order valence-corrected chi connectivity index (χ3v) is 5.46. The van der Waals surface area contributed by atoms with Gasteiger partial charge in [0.1, 0.15) is 0 Å². The van der Waals surface area contributed by atoms with E-state index in [0.29, 0.717) is 46.7 Å². The van der Waals surface area contributed by atoms with Crippen LogP contribution in [0.15, 0.2) is 34.5 Å². The summed E-state index contributed by atoms with van der Waals surface area (Å²) >= 11 is 1.51. The maximum Gasteiger partial charge on any atom is 0.338 e. The number of hydrogen-bond donors (Lipinski definition) is 0. The second-order valence-corrected chi connectivity index (χ2v) is 7.28. The smallest absolute Gasteiger partial charge is 0.338 e. The predicted molar refractivity (Wildman–Crippen MR) is 108 cm³/mol. The first-order valence-corrected chi connectivity index (χ1v) is 10.2. The van der Waals surface area contributed by atoms with Gasteiger partial charge in [-0.1, -0.05) is 17.8 Å². The van der Waals surface area contributed by atoms with E-state index in [4.69, 9.17) is 14.2 Å². The molecule has 2 aliphatic rings. The Kier molecular flexibility index (Phi) is 6.28. The SMILES string of the molecule is CCOC(=O)C1=C(C)N=C2SCCC(=O)N2[C@@H]1c1ccc(OCC)c(OC)c1. The average Bonchev–Trinajstić information content (AvgIpc) is 2.67. The molecule has 0 aromatic heterocycles. The van der Waals surface area contributed by atoms with Crippen molar-refractivity contribution in [3.63, 3.8) is 0 Å². The van der Waals surface area contributed by atoms with Gasteiger partial charge in [-0.2, -0.15) is 0 Å². The Morgan fingerprint density at radius 1 is 1.29 bits per heavy atom. The first kappa shape index (κ1) is 20.3. The topological polar surface area (TPSA) is 77.4 Å². The monoisotopic (exact) mass is 404 g/mol. The van der Waals surface area contributed by atoms with E-state index in [-0.39, 0.29) is 12.5 Å². The summed E-state index contributed by atoms with van der Waals surface area (Å²) in [5.41, 5.74) is 1.67. The maximum absolute atomic E-state index is 12.8. The zero-order valence-corrected chi connectivity index (χ0v) is 17.3. The van der Waals surface area contributed by atoms with Crippen molar-refractivity contribution in [2.75, 3.05) is 26.1 Å². The van der Waals surface area contributed by atoms with Crippen molar-refractivity contribution in [2.45, 2.75) is 33.2 Å². The number of amidine groups is 1. The lowest BCUT2D eigenvalue weighted by Gasteiger charge is -2.39. The van der Waals surface area contributed by atoms with Crippen LogP contribution in [0.4, 0.5) is 0 Å². The van der Waals surface area contributed by atoms with Gasteiger partial charge in [0.15, 0.2) is 16.7 Å². The normalized spacial score (nSPS) is 19.1. The zero-order chi connectivity index (χ0) is 20.3. The fraction of sp³-hybridized carbons (Fsp3) is 0.450. The van der Waals surface area contributed by atoms with Crippen molar-refractivity contribution in [1.29, 1.82) is 0 Å². The van der Waals surface area contributed by atoms with Crippen LogP contribution in [0.1, 0.15) is 38.8 Å². The van der Waals surface area contributed by atoms with Gasteiger partial charge in [-0.15, -0.1) is 0 Å². The van der Waals surface area contributed by atoms with Crippen molar-refractivity contribution in [3.8, 4) is 11.5 Å². The standard InChI is InChI=1S/C20H24N2O5S/c1-5-26-14-8-7-13(11-15(14)25-4)18-17(19(24)27-6-2)12(3)21-20-22(18)16(23)9-10-28-20/h7-8,11,18H,5-6,9-10H2,1-4H3/t18-/m1/s1. The van der Waals surface area contributed by atoms with Gasteiger partial charge in [0, 0.05) is 12.2 Å². The highest BCUT2D eigenvalue weighted by molar-refractivity contribution is 8.14. The van der Waals surface area contributed by atoms with Crippen LogP contribution in [0.2, 0.25) is 0 Å². The molecule has 1 aromatic rings. The fourth-order valence-corrected chi connectivity index (χ4v) is 4.32. The van der Waals surface area contributed by atoms with Crippen molar-refractivity contribution < 1.29 is 23.8 Å². The van der Waals surface area contributed by atoms with E-state index in [1.54, 1.807) is 38.0 Å². The third-order valence-electron chi connectivity index (χ3n) is 4.51. The summed E-state index contributed by atoms with van der Waals surface area (Å²) < 4.78 is 16.3. The Morgan fingerprint density at radius 3 is 2.75 bits per heavy atom. The van der Waals surface area contributed by atoms with Gasteiger partial charge >= 0.3 is 5.97 Å². The molecule has 1 saturated heterocycles. The lowest BCUT2D eigenvalue weighted by molar-refractivity contribution is -0.139. The summed E-state index contributed by atoms with van der Waals surface area (Å²) in [6, 6.07) is 4.83. The molecule has 1 amide bonds. The molecule has 1 fully saturated rings. The predicted octanol–water partition coefficient (Wildman–Crippen LogP) is 3.31. The summed E-state index contributed by atoms with van der Waals surface area (Å²) in [5.74, 6) is 1.29. The summed E-state index contributed by atoms with van der Waals surface area (Å²) in [4.78, 5) is 31.6. The Morgan fingerprint density at radius 2 is 2.07 bits per heavy atom. The summed E-state index contributed by atoms with van der Waals surface area (Å²) in [6.07, 6.45) is 0.392. The molecule has 8 heteroatoms. The van der Waals surface area contributed by atoms with E-state index in [1.807, 2.05) is 13.0 Å². The number of aliphatic imine (C=N–C) groups is 1. The Labute approximate surface area is 168 Å². The Balaban J connectivity index is 2.14. The molecule has 1 aromatic carbocycles. The molecular formula is C20H24N2O5S. The van der Waals surface area contributed by atoms with E-state index in [2.05, 4.69) is 4.99 Å². The van der Waals surface area contributed by atoms with Gasteiger partial charge < -0.3 is 14.2 Å². The van der Waals surface area contributed by atoms with E-state index < -0.39 is 12.0 Å². The van der Waals surface area contributed by atoms with Gasteiger partial charge in [-0.25, -0.2) is 9.79 Å². The van der Waals surface area contributed by atoms with Crippen molar-refractivity contribution in [2.24, 2.45) is 4.99 Å². The van der Waals surface area contributed by atoms with Crippen LogP contribution in [-0.4, -0.2) is 48.0 Å². The van der Waals surface area contributed by atoms with Crippen molar-refractivity contribution in [1.82, 2.24) is 4.90 Å². The molecule has 0 N–H and O–H groups in total. The lowest BCUT2D eigenvalue weighted by Crippen LogP contribution is -2.45. The number of nitrogens with zero attached hydrogens (tertiary/aromatic N) is 2. The molecule has 0 spiro atoms. The second kappa shape index (κ2) is 8.68. The number of methoxy groups -OCH3 is 1. The number of carbonyl (C=O) groups is 2. The summed E-state index contributed by atoms with van der Waals surface area (Å²) in [7, 11) is 1.56. The van der Waals surface area contributed by atoms with Crippen LogP contribution < -0.4 is 9.47 Å². The number of allylic oxidation sites excluding steroid dienone is 1. The largest absolute Gasteiger partial charge is 0.493 e. The van der Waals surface area contributed by atoms with Crippen molar-refractivity contribution in [3.05, 3.63) is 35.0 Å². The number of fused-ring (bicyclic) bond motifs is 1. The average molecular weight is 404 g/mol. The van der Waals surface area contributed by atoms with Gasteiger partial charge in [0.05, 0.1) is 37.6 Å². The molecule has 0 bridgehead atoms. The van der Waals surface area contributed by atoms with Gasteiger partial charge in [-0.3, -0.25) is 9.69 Å². The molecule has 0 radical (unpaired) electrons. The number of hydrogen-bond acceptors (Lipinski definition) is 7. The fourth-order valence-electron chi connectivity index (χ4n) is 3.31.